The molecule has 3 amide bonds. The lowest BCUT2D eigenvalue weighted by Crippen LogP contribution is -2.39. The molecule has 1 aliphatic heterocycles. The third-order valence-corrected chi connectivity index (χ3v) is 5.75. The molecule has 0 unspecified atom stereocenters. The van der Waals surface area contributed by atoms with Gasteiger partial charge in [0.15, 0.2) is 0 Å². The van der Waals surface area contributed by atoms with E-state index in [9.17, 15) is 9.59 Å². The minimum absolute atomic E-state index is 0.0624. The molecule has 5 nitrogen and oxygen atoms in total. The molecule has 0 spiro atoms. The zero-order valence-corrected chi connectivity index (χ0v) is 17.3. The Balaban J connectivity index is 1.62. The van der Waals surface area contributed by atoms with Gasteiger partial charge >= 0.3 is 6.03 Å². The molecule has 0 aliphatic carbocycles. The Morgan fingerprint density at radius 1 is 1.00 bits per heavy atom. The Morgan fingerprint density at radius 3 is 2.54 bits per heavy atom. The maximum atomic E-state index is 13.0. The third-order valence-electron chi connectivity index (χ3n) is 5.02. The van der Waals surface area contributed by atoms with Gasteiger partial charge in [0.1, 0.15) is 0 Å². The van der Waals surface area contributed by atoms with E-state index < -0.39 is 0 Å². The van der Waals surface area contributed by atoms with Crippen molar-refractivity contribution in [2.75, 3.05) is 37.8 Å². The average molecular weight is 398 g/mol. The van der Waals surface area contributed by atoms with Gasteiger partial charge in [0, 0.05) is 42.3 Å². The van der Waals surface area contributed by atoms with Crippen LogP contribution < -0.4 is 5.32 Å². The molecule has 0 radical (unpaired) electrons. The topological polar surface area (TPSA) is 52.7 Å². The average Bonchev–Trinajstić information content (AvgIpc) is 2.99. The Hall–Kier alpha value is -2.47. The van der Waals surface area contributed by atoms with Gasteiger partial charge in [-0.3, -0.25) is 4.79 Å². The molecule has 0 saturated carbocycles. The second-order valence-electron chi connectivity index (χ2n) is 6.81. The van der Waals surface area contributed by atoms with Crippen molar-refractivity contribution >= 4 is 29.4 Å². The number of amides is 3. The molecule has 28 heavy (non-hydrogen) atoms. The summed E-state index contributed by atoms with van der Waals surface area (Å²) in [5, 5.41) is 2.98. The zero-order valence-electron chi connectivity index (χ0n) is 16.5. The van der Waals surface area contributed by atoms with Crippen LogP contribution in [0.5, 0.6) is 0 Å². The van der Waals surface area contributed by atoms with Crippen molar-refractivity contribution in [1.82, 2.24) is 9.80 Å². The van der Waals surface area contributed by atoms with E-state index in [2.05, 4.69) is 12.2 Å². The van der Waals surface area contributed by atoms with Gasteiger partial charge in [-0.25, -0.2) is 4.79 Å². The fourth-order valence-corrected chi connectivity index (χ4v) is 3.89. The van der Waals surface area contributed by atoms with Crippen LogP contribution in [0.4, 0.5) is 10.5 Å². The smallest absolute Gasteiger partial charge is 0.321 e. The van der Waals surface area contributed by atoms with E-state index in [0.717, 1.165) is 34.6 Å². The van der Waals surface area contributed by atoms with E-state index >= 15 is 0 Å². The van der Waals surface area contributed by atoms with Crippen molar-refractivity contribution in [2.45, 2.75) is 24.7 Å². The first-order valence-electron chi connectivity index (χ1n) is 9.69. The van der Waals surface area contributed by atoms with Crippen molar-refractivity contribution in [3.05, 3.63) is 59.7 Å². The Morgan fingerprint density at radius 2 is 1.75 bits per heavy atom. The molecule has 3 rings (SSSR count). The fourth-order valence-electron chi connectivity index (χ4n) is 3.43. The number of carbonyl (C=O) groups excluding carboxylic acids is 2. The number of hydrogen-bond donors (Lipinski definition) is 1. The van der Waals surface area contributed by atoms with Gasteiger partial charge in [-0.2, -0.15) is 0 Å². The van der Waals surface area contributed by atoms with Gasteiger partial charge in [-0.1, -0.05) is 31.2 Å². The molecule has 148 valence electrons. The highest BCUT2D eigenvalue weighted by Crippen LogP contribution is 2.20. The van der Waals surface area contributed by atoms with E-state index in [1.165, 1.54) is 0 Å². The largest absolute Gasteiger partial charge is 0.337 e. The number of aryl methyl sites for hydroxylation is 1. The second-order valence-corrected chi connectivity index (χ2v) is 7.69. The number of carbonyl (C=O) groups is 2. The highest BCUT2D eigenvalue weighted by Gasteiger charge is 2.24. The standard InChI is InChI=1S/C22H27N3O2S/c1-3-17-8-4-5-11-20(17)21(26)24-12-7-13-25(15-14-24)22(27)23-18-9-6-10-19(16-18)28-2/h4-6,8-11,16H,3,7,12-15H2,1-2H3,(H,23,27). The van der Waals surface area contributed by atoms with Crippen molar-refractivity contribution in [1.29, 1.82) is 0 Å². The van der Waals surface area contributed by atoms with Crippen LogP contribution in [-0.2, 0) is 6.42 Å². The van der Waals surface area contributed by atoms with Gasteiger partial charge in [-0.05, 0) is 48.9 Å². The van der Waals surface area contributed by atoms with Crippen molar-refractivity contribution in [3.63, 3.8) is 0 Å². The maximum Gasteiger partial charge on any atom is 0.321 e. The fraction of sp³-hybridized carbons (Fsp3) is 0.364. The van der Waals surface area contributed by atoms with Gasteiger partial charge in [0.05, 0.1) is 0 Å². The summed E-state index contributed by atoms with van der Waals surface area (Å²) < 4.78 is 0. The van der Waals surface area contributed by atoms with Crippen LogP contribution in [0.1, 0.15) is 29.3 Å². The van der Waals surface area contributed by atoms with Gasteiger partial charge in [0.25, 0.3) is 5.91 Å². The monoisotopic (exact) mass is 397 g/mol. The highest BCUT2D eigenvalue weighted by atomic mass is 32.2. The SMILES string of the molecule is CCc1ccccc1C(=O)N1CCCN(C(=O)Nc2cccc(SC)c2)CC1. The molecule has 0 atom stereocenters. The number of urea groups is 1. The summed E-state index contributed by atoms with van der Waals surface area (Å²) in [6.45, 7) is 4.46. The van der Waals surface area contributed by atoms with Crippen LogP contribution in [0.3, 0.4) is 0 Å². The van der Waals surface area contributed by atoms with E-state index in [1.807, 2.05) is 59.7 Å². The first-order valence-corrected chi connectivity index (χ1v) is 10.9. The molecule has 1 N–H and O–H groups in total. The summed E-state index contributed by atoms with van der Waals surface area (Å²) >= 11 is 1.64. The predicted molar refractivity (Wildman–Crippen MR) is 115 cm³/mol. The summed E-state index contributed by atoms with van der Waals surface area (Å²) in [7, 11) is 0. The van der Waals surface area contributed by atoms with E-state index in [1.54, 1.807) is 16.7 Å². The quantitative estimate of drug-likeness (QED) is 0.781. The normalized spacial score (nSPS) is 14.5. The number of rotatable bonds is 4. The summed E-state index contributed by atoms with van der Waals surface area (Å²) in [5.74, 6) is 0.0624. The number of thioether (sulfide) groups is 1. The molecule has 1 saturated heterocycles. The Bertz CT molecular complexity index is 840. The molecule has 1 fully saturated rings. The summed E-state index contributed by atoms with van der Waals surface area (Å²) in [6, 6.07) is 15.5. The van der Waals surface area contributed by atoms with E-state index in [-0.39, 0.29) is 11.9 Å². The van der Waals surface area contributed by atoms with E-state index in [4.69, 9.17) is 0 Å². The first kappa shape index (κ1) is 20.3. The number of hydrogen-bond acceptors (Lipinski definition) is 3. The molecular weight excluding hydrogens is 370 g/mol. The molecular formula is C22H27N3O2S. The molecule has 1 aliphatic rings. The molecule has 1 heterocycles. The Labute approximate surface area is 171 Å². The maximum absolute atomic E-state index is 13.0. The van der Waals surface area contributed by atoms with Crippen molar-refractivity contribution in [3.8, 4) is 0 Å². The summed E-state index contributed by atoms with van der Waals surface area (Å²) in [5.41, 5.74) is 2.64. The first-order chi connectivity index (χ1) is 13.6. The zero-order chi connectivity index (χ0) is 19.9. The second kappa shape index (κ2) is 9.64. The number of nitrogens with zero attached hydrogens (tertiary/aromatic N) is 2. The lowest BCUT2D eigenvalue weighted by atomic mass is 10.0. The lowest BCUT2D eigenvalue weighted by molar-refractivity contribution is 0.0761. The molecule has 0 aromatic heterocycles. The Kier molecular flexibility index (Phi) is 6.98. The number of benzene rings is 2. The van der Waals surface area contributed by atoms with Crippen LogP contribution in [0.2, 0.25) is 0 Å². The minimum atomic E-state index is -0.110. The van der Waals surface area contributed by atoms with Gasteiger partial charge < -0.3 is 15.1 Å². The summed E-state index contributed by atoms with van der Waals surface area (Å²) in [4.78, 5) is 30.4. The number of anilines is 1. The summed E-state index contributed by atoms with van der Waals surface area (Å²) in [6.07, 6.45) is 3.62. The number of nitrogens with one attached hydrogen (secondary N) is 1. The van der Waals surface area contributed by atoms with Gasteiger partial charge in [-0.15, -0.1) is 11.8 Å². The third kappa shape index (κ3) is 4.87. The highest BCUT2D eigenvalue weighted by molar-refractivity contribution is 7.98. The predicted octanol–water partition coefficient (Wildman–Crippen LogP) is 4.35. The molecule has 2 aromatic carbocycles. The van der Waals surface area contributed by atoms with Crippen LogP contribution in [-0.4, -0.2) is 54.2 Å². The van der Waals surface area contributed by atoms with Gasteiger partial charge in [0.2, 0.25) is 0 Å². The molecule has 6 heteroatoms. The lowest BCUT2D eigenvalue weighted by Gasteiger charge is -2.23. The van der Waals surface area contributed by atoms with Crippen LogP contribution in [0, 0.1) is 0 Å². The van der Waals surface area contributed by atoms with Crippen LogP contribution in [0.25, 0.3) is 0 Å². The minimum Gasteiger partial charge on any atom is -0.337 e. The molecule has 0 bridgehead atoms. The van der Waals surface area contributed by atoms with Crippen molar-refractivity contribution < 1.29 is 9.59 Å². The van der Waals surface area contributed by atoms with Crippen LogP contribution >= 0.6 is 11.8 Å². The van der Waals surface area contributed by atoms with Crippen LogP contribution in [0.15, 0.2) is 53.4 Å². The van der Waals surface area contributed by atoms with Crippen molar-refractivity contribution in [2.24, 2.45) is 0 Å². The van der Waals surface area contributed by atoms with E-state index in [0.29, 0.717) is 26.2 Å². The molecule has 2 aromatic rings.